The zero-order valence-corrected chi connectivity index (χ0v) is 5.42. The van der Waals surface area contributed by atoms with Gasteiger partial charge in [0.25, 0.3) is 0 Å². The summed E-state index contributed by atoms with van der Waals surface area (Å²) in [5.41, 5.74) is 0. The number of phenolic OH excluding ortho intramolecular Hbond substituents is 1. The summed E-state index contributed by atoms with van der Waals surface area (Å²) in [4.78, 5) is 0. The van der Waals surface area contributed by atoms with Crippen LogP contribution in [0.15, 0.2) is 18.2 Å². The molecule has 4 heteroatoms. The molecule has 1 N–H and O–H groups in total. The minimum Gasteiger partial charge on any atom is -0.508 e. The van der Waals surface area contributed by atoms with Gasteiger partial charge in [-0.2, -0.15) is 8.78 Å². The fourth-order valence-electron chi connectivity index (χ4n) is 0.609. The van der Waals surface area contributed by atoms with Crippen molar-refractivity contribution in [1.29, 1.82) is 0 Å². The smallest absolute Gasteiger partial charge is 0.387 e. The van der Waals surface area contributed by atoms with Crippen LogP contribution in [0.1, 0.15) is 0 Å². The second kappa shape index (κ2) is 3.18. The van der Waals surface area contributed by atoms with Crippen molar-refractivity contribution in [3.8, 4) is 11.5 Å². The van der Waals surface area contributed by atoms with E-state index in [4.69, 9.17) is 5.11 Å². The minimum atomic E-state index is -2.87. The second-order valence-corrected chi connectivity index (χ2v) is 1.81. The number of alkyl halides is 2. The van der Waals surface area contributed by atoms with Gasteiger partial charge in [0.05, 0.1) is 0 Å². The van der Waals surface area contributed by atoms with E-state index in [1.165, 1.54) is 12.1 Å². The third-order valence-electron chi connectivity index (χ3n) is 0.972. The lowest BCUT2D eigenvalue weighted by Gasteiger charge is -2.02. The minimum absolute atomic E-state index is 0.0972. The summed E-state index contributed by atoms with van der Waals surface area (Å²) in [7, 11) is 0. The molecule has 0 fully saturated rings. The van der Waals surface area contributed by atoms with E-state index < -0.39 is 6.61 Å². The maximum Gasteiger partial charge on any atom is 0.387 e. The predicted octanol–water partition coefficient (Wildman–Crippen LogP) is 1.79. The molecule has 0 atom stereocenters. The molecule has 1 rings (SSSR count). The Kier molecular flexibility index (Phi) is 2.25. The molecular formula is C7H5F2O2. The zero-order valence-electron chi connectivity index (χ0n) is 5.42. The largest absolute Gasteiger partial charge is 0.508 e. The lowest BCUT2D eigenvalue weighted by atomic mass is 10.3. The van der Waals surface area contributed by atoms with Gasteiger partial charge in [-0.05, 0) is 18.2 Å². The molecule has 1 aromatic rings. The van der Waals surface area contributed by atoms with Crippen molar-refractivity contribution in [1.82, 2.24) is 0 Å². The van der Waals surface area contributed by atoms with E-state index in [2.05, 4.69) is 10.8 Å². The van der Waals surface area contributed by atoms with Crippen molar-refractivity contribution in [3.05, 3.63) is 24.3 Å². The number of aromatic hydroxyl groups is 1. The summed E-state index contributed by atoms with van der Waals surface area (Å²) in [5, 5.41) is 8.77. The molecule has 2 nitrogen and oxygen atoms in total. The van der Waals surface area contributed by atoms with Gasteiger partial charge in [0.2, 0.25) is 0 Å². The van der Waals surface area contributed by atoms with Gasteiger partial charge >= 0.3 is 6.61 Å². The van der Waals surface area contributed by atoms with Crippen LogP contribution >= 0.6 is 0 Å². The molecular weight excluding hydrogens is 154 g/mol. The van der Waals surface area contributed by atoms with Crippen LogP contribution in [0.25, 0.3) is 0 Å². The first-order valence-electron chi connectivity index (χ1n) is 2.83. The molecule has 0 unspecified atom stereocenters. The average Bonchev–Trinajstić information content (AvgIpc) is 1.85. The third-order valence-corrected chi connectivity index (χ3v) is 0.972. The van der Waals surface area contributed by atoms with Gasteiger partial charge in [-0.25, -0.2) is 0 Å². The van der Waals surface area contributed by atoms with Crippen LogP contribution in [-0.2, 0) is 0 Å². The first kappa shape index (κ1) is 7.78. The Morgan fingerprint density at radius 1 is 1.45 bits per heavy atom. The highest BCUT2D eigenvalue weighted by Crippen LogP contribution is 2.18. The van der Waals surface area contributed by atoms with Crippen molar-refractivity contribution in [2.24, 2.45) is 0 Å². The number of benzene rings is 1. The van der Waals surface area contributed by atoms with Crippen molar-refractivity contribution in [3.63, 3.8) is 0 Å². The number of phenols is 1. The molecule has 0 saturated carbocycles. The van der Waals surface area contributed by atoms with Crippen molar-refractivity contribution in [2.45, 2.75) is 6.61 Å². The molecule has 11 heavy (non-hydrogen) atoms. The molecule has 0 aromatic heterocycles. The topological polar surface area (TPSA) is 29.5 Å². The van der Waals surface area contributed by atoms with Crippen molar-refractivity contribution >= 4 is 0 Å². The fourth-order valence-corrected chi connectivity index (χ4v) is 0.609. The van der Waals surface area contributed by atoms with E-state index in [1.54, 1.807) is 0 Å². The van der Waals surface area contributed by atoms with E-state index >= 15 is 0 Å². The van der Waals surface area contributed by atoms with Crippen molar-refractivity contribution < 1.29 is 18.6 Å². The molecule has 0 aliphatic heterocycles. The Labute approximate surface area is 62.0 Å². The van der Waals surface area contributed by atoms with E-state index in [0.29, 0.717) is 0 Å². The summed E-state index contributed by atoms with van der Waals surface area (Å²) in [6, 6.07) is 5.97. The van der Waals surface area contributed by atoms with Gasteiger partial charge in [0.1, 0.15) is 11.5 Å². The molecule has 0 saturated heterocycles. The molecule has 0 bridgehead atoms. The van der Waals surface area contributed by atoms with Gasteiger partial charge in [-0.3, -0.25) is 0 Å². The van der Waals surface area contributed by atoms with Gasteiger partial charge in [-0.15, -0.1) is 0 Å². The van der Waals surface area contributed by atoms with Gasteiger partial charge in [0, 0.05) is 6.07 Å². The molecule has 0 aliphatic rings. The second-order valence-electron chi connectivity index (χ2n) is 1.81. The molecule has 1 radical (unpaired) electrons. The Hall–Kier alpha value is -1.32. The molecule has 59 valence electrons. The number of rotatable bonds is 2. The molecule has 0 heterocycles. The van der Waals surface area contributed by atoms with E-state index in [-0.39, 0.29) is 11.5 Å². The monoisotopic (exact) mass is 159 g/mol. The fraction of sp³-hybridized carbons (Fsp3) is 0.143. The highest BCUT2D eigenvalue weighted by molar-refractivity contribution is 5.30. The van der Waals surface area contributed by atoms with Crippen LogP contribution in [0, 0.1) is 6.07 Å². The zero-order chi connectivity index (χ0) is 8.27. The van der Waals surface area contributed by atoms with E-state index in [0.717, 1.165) is 6.07 Å². The van der Waals surface area contributed by atoms with Crippen LogP contribution in [0.2, 0.25) is 0 Å². The summed E-state index contributed by atoms with van der Waals surface area (Å²) in [5.74, 6) is -0.247. The lowest BCUT2D eigenvalue weighted by Crippen LogP contribution is -2.01. The molecule has 0 amide bonds. The van der Waals surface area contributed by atoms with Gasteiger partial charge < -0.3 is 9.84 Å². The standard InChI is InChI=1S/C7H5F2O2/c8-7(9)11-6-3-1-2-5(10)4-6/h2-4,7,10H. The normalized spacial score (nSPS) is 10.1. The van der Waals surface area contributed by atoms with Crippen LogP contribution < -0.4 is 4.74 Å². The summed E-state index contributed by atoms with van der Waals surface area (Å²) in [6.07, 6.45) is 0. The highest BCUT2D eigenvalue weighted by atomic mass is 19.3. The number of halogens is 2. The molecule has 0 spiro atoms. The summed E-state index contributed by atoms with van der Waals surface area (Å²) in [6.45, 7) is -2.87. The summed E-state index contributed by atoms with van der Waals surface area (Å²) < 4.78 is 27.0. The van der Waals surface area contributed by atoms with Gasteiger partial charge in [0.15, 0.2) is 0 Å². The number of ether oxygens (including phenoxy) is 1. The Balaban J connectivity index is 2.71. The first-order chi connectivity index (χ1) is 5.18. The Morgan fingerprint density at radius 3 is 2.73 bits per heavy atom. The lowest BCUT2D eigenvalue weighted by molar-refractivity contribution is -0.0499. The average molecular weight is 159 g/mol. The molecule has 0 aliphatic carbocycles. The quantitative estimate of drug-likeness (QED) is 0.712. The maximum absolute atomic E-state index is 11.5. The van der Waals surface area contributed by atoms with E-state index in [1.807, 2.05) is 0 Å². The SMILES string of the molecule is Oc1c[c]cc(OC(F)F)c1. The van der Waals surface area contributed by atoms with Crippen LogP contribution in [0.4, 0.5) is 8.78 Å². The van der Waals surface area contributed by atoms with Crippen LogP contribution in [-0.4, -0.2) is 11.7 Å². The summed E-state index contributed by atoms with van der Waals surface area (Å²) >= 11 is 0. The third kappa shape index (κ3) is 2.41. The Morgan fingerprint density at radius 2 is 2.18 bits per heavy atom. The highest BCUT2D eigenvalue weighted by Gasteiger charge is 2.03. The number of hydrogen-bond donors (Lipinski definition) is 1. The predicted molar refractivity (Wildman–Crippen MR) is 33.6 cm³/mol. The first-order valence-corrected chi connectivity index (χ1v) is 2.83. The van der Waals surface area contributed by atoms with Gasteiger partial charge in [-0.1, -0.05) is 0 Å². The van der Waals surface area contributed by atoms with Crippen LogP contribution in [0.3, 0.4) is 0 Å². The van der Waals surface area contributed by atoms with E-state index in [9.17, 15) is 8.78 Å². The number of hydrogen-bond acceptors (Lipinski definition) is 2. The Bertz CT molecular complexity index is 238. The molecule has 1 aromatic carbocycles. The van der Waals surface area contributed by atoms with Crippen LogP contribution in [0.5, 0.6) is 11.5 Å². The van der Waals surface area contributed by atoms with Crippen molar-refractivity contribution in [2.75, 3.05) is 0 Å². The maximum atomic E-state index is 11.5.